The normalized spacial score (nSPS) is 11.5. The molecule has 1 aromatic carbocycles. The van der Waals surface area contributed by atoms with Gasteiger partial charge in [0.25, 0.3) is 6.43 Å². The third kappa shape index (κ3) is 2.44. The topological polar surface area (TPSA) is 30.2 Å². The van der Waals surface area contributed by atoms with Crippen LogP contribution in [-0.4, -0.2) is 14.6 Å². The van der Waals surface area contributed by atoms with Gasteiger partial charge in [-0.25, -0.2) is 18.3 Å². The van der Waals surface area contributed by atoms with Crippen molar-refractivity contribution in [1.29, 1.82) is 0 Å². The molecule has 108 valence electrons. The van der Waals surface area contributed by atoms with E-state index in [1.54, 1.807) is 6.92 Å². The molecule has 0 fully saturated rings. The van der Waals surface area contributed by atoms with E-state index in [1.807, 2.05) is 31.2 Å². The van der Waals surface area contributed by atoms with Crippen LogP contribution < -0.4 is 0 Å². The molecule has 3 rings (SSSR count). The molecule has 0 aliphatic carbocycles. The SMILES string of the molecule is Cc1ccc(-c2cc(C(F)F)n3nc(C)c(Br)c3n2)cc1. The monoisotopic (exact) mass is 351 g/mol. The minimum Gasteiger partial charge on any atom is -0.227 e. The number of hydrogen-bond donors (Lipinski definition) is 0. The summed E-state index contributed by atoms with van der Waals surface area (Å²) in [4.78, 5) is 4.46. The Morgan fingerprint density at radius 2 is 1.81 bits per heavy atom. The second-order valence-corrected chi connectivity index (χ2v) is 5.66. The first-order valence-electron chi connectivity index (χ1n) is 6.38. The van der Waals surface area contributed by atoms with Crippen LogP contribution in [0.2, 0.25) is 0 Å². The van der Waals surface area contributed by atoms with Crippen LogP contribution in [0.15, 0.2) is 34.8 Å². The Hall–Kier alpha value is -1.82. The van der Waals surface area contributed by atoms with Crippen molar-refractivity contribution < 1.29 is 8.78 Å². The summed E-state index contributed by atoms with van der Waals surface area (Å²) in [6, 6.07) is 9.00. The summed E-state index contributed by atoms with van der Waals surface area (Å²) in [6.07, 6.45) is -2.62. The Bertz CT molecular complexity index is 810. The van der Waals surface area contributed by atoms with E-state index in [1.165, 1.54) is 10.6 Å². The molecule has 0 aliphatic heterocycles. The highest BCUT2D eigenvalue weighted by Crippen LogP contribution is 2.29. The molecular weight excluding hydrogens is 340 g/mol. The summed E-state index contributed by atoms with van der Waals surface area (Å²) in [6.45, 7) is 3.72. The zero-order valence-corrected chi connectivity index (χ0v) is 13.0. The molecule has 0 N–H and O–H groups in total. The molecule has 0 amide bonds. The van der Waals surface area contributed by atoms with Crippen LogP contribution in [0.25, 0.3) is 16.9 Å². The van der Waals surface area contributed by atoms with Crippen molar-refractivity contribution in [3.63, 3.8) is 0 Å². The third-order valence-corrected chi connectivity index (χ3v) is 4.22. The van der Waals surface area contributed by atoms with Crippen molar-refractivity contribution in [2.75, 3.05) is 0 Å². The van der Waals surface area contributed by atoms with E-state index in [2.05, 4.69) is 26.0 Å². The van der Waals surface area contributed by atoms with E-state index in [4.69, 9.17) is 0 Å². The number of benzene rings is 1. The Morgan fingerprint density at radius 1 is 1.14 bits per heavy atom. The number of rotatable bonds is 2. The van der Waals surface area contributed by atoms with Gasteiger partial charge in [-0.15, -0.1) is 0 Å². The molecule has 3 aromatic rings. The van der Waals surface area contributed by atoms with E-state index in [9.17, 15) is 8.78 Å². The molecule has 21 heavy (non-hydrogen) atoms. The van der Waals surface area contributed by atoms with E-state index in [0.717, 1.165) is 11.1 Å². The van der Waals surface area contributed by atoms with Gasteiger partial charge in [0.15, 0.2) is 5.65 Å². The molecule has 0 bridgehead atoms. The molecule has 0 spiro atoms. The fourth-order valence-corrected chi connectivity index (χ4v) is 2.48. The lowest BCUT2D eigenvalue weighted by atomic mass is 10.1. The molecule has 0 radical (unpaired) electrons. The van der Waals surface area contributed by atoms with E-state index >= 15 is 0 Å². The van der Waals surface area contributed by atoms with Crippen molar-refractivity contribution in [3.05, 3.63) is 51.8 Å². The van der Waals surface area contributed by atoms with Crippen LogP contribution in [0.1, 0.15) is 23.4 Å². The lowest BCUT2D eigenvalue weighted by Crippen LogP contribution is -2.02. The van der Waals surface area contributed by atoms with Crippen LogP contribution in [0.3, 0.4) is 0 Å². The van der Waals surface area contributed by atoms with Crippen LogP contribution in [-0.2, 0) is 0 Å². The number of nitrogens with zero attached hydrogens (tertiary/aromatic N) is 3. The van der Waals surface area contributed by atoms with Crippen molar-refractivity contribution in [2.45, 2.75) is 20.3 Å². The van der Waals surface area contributed by atoms with Gasteiger partial charge >= 0.3 is 0 Å². The molecular formula is C15H12BrF2N3. The summed E-state index contributed by atoms with van der Waals surface area (Å²) in [7, 11) is 0. The Labute approximate surface area is 128 Å². The van der Waals surface area contributed by atoms with Gasteiger partial charge < -0.3 is 0 Å². The zero-order chi connectivity index (χ0) is 15.1. The van der Waals surface area contributed by atoms with Crippen molar-refractivity contribution in [3.8, 4) is 11.3 Å². The summed E-state index contributed by atoms with van der Waals surface area (Å²) < 4.78 is 28.4. The van der Waals surface area contributed by atoms with Crippen LogP contribution in [0.4, 0.5) is 8.78 Å². The largest absolute Gasteiger partial charge is 0.280 e. The van der Waals surface area contributed by atoms with Gasteiger partial charge in [-0.05, 0) is 35.8 Å². The maximum Gasteiger partial charge on any atom is 0.280 e. The number of alkyl halides is 2. The van der Waals surface area contributed by atoms with Crippen molar-refractivity contribution in [2.24, 2.45) is 0 Å². The summed E-state index contributed by atoms with van der Waals surface area (Å²) in [5, 5.41) is 4.11. The highest BCUT2D eigenvalue weighted by molar-refractivity contribution is 9.10. The second-order valence-electron chi connectivity index (χ2n) is 4.87. The van der Waals surface area contributed by atoms with Gasteiger partial charge in [0.2, 0.25) is 0 Å². The highest BCUT2D eigenvalue weighted by atomic mass is 79.9. The van der Waals surface area contributed by atoms with Gasteiger partial charge in [0.1, 0.15) is 5.69 Å². The fourth-order valence-electron chi connectivity index (χ4n) is 2.15. The second kappa shape index (κ2) is 5.18. The molecule has 0 aliphatic rings. The molecule has 2 heterocycles. The van der Waals surface area contributed by atoms with Crippen LogP contribution in [0, 0.1) is 13.8 Å². The lowest BCUT2D eigenvalue weighted by Gasteiger charge is -2.08. The van der Waals surface area contributed by atoms with Gasteiger partial charge in [-0.1, -0.05) is 29.8 Å². The van der Waals surface area contributed by atoms with Crippen LogP contribution in [0.5, 0.6) is 0 Å². The minimum atomic E-state index is -2.62. The minimum absolute atomic E-state index is 0.163. The first-order valence-corrected chi connectivity index (χ1v) is 7.17. The Kier molecular flexibility index (Phi) is 3.49. The number of hydrogen-bond acceptors (Lipinski definition) is 2. The van der Waals surface area contributed by atoms with E-state index in [-0.39, 0.29) is 5.69 Å². The maximum atomic E-state index is 13.3. The average molecular weight is 352 g/mol. The Morgan fingerprint density at radius 3 is 2.43 bits per heavy atom. The first kappa shape index (κ1) is 14.1. The standard InChI is InChI=1S/C15H12BrF2N3/c1-8-3-5-10(6-4-8)11-7-12(14(17)18)21-15(19-11)13(16)9(2)20-21/h3-7,14H,1-2H3. The van der Waals surface area contributed by atoms with Gasteiger partial charge in [0, 0.05) is 5.56 Å². The fraction of sp³-hybridized carbons (Fsp3) is 0.200. The summed E-state index contributed by atoms with van der Waals surface area (Å²) in [5.41, 5.74) is 3.29. The maximum absolute atomic E-state index is 13.3. The molecule has 0 unspecified atom stereocenters. The first-order chi connectivity index (χ1) is 9.97. The molecule has 0 atom stereocenters. The number of halogens is 3. The van der Waals surface area contributed by atoms with Crippen molar-refractivity contribution in [1.82, 2.24) is 14.6 Å². The van der Waals surface area contributed by atoms with Gasteiger partial charge in [-0.2, -0.15) is 5.10 Å². The number of aromatic nitrogens is 3. The number of fused-ring (bicyclic) bond motifs is 1. The lowest BCUT2D eigenvalue weighted by molar-refractivity contribution is 0.143. The molecule has 6 heteroatoms. The molecule has 0 saturated heterocycles. The Balaban J connectivity index is 2.29. The van der Waals surface area contributed by atoms with Gasteiger partial charge in [-0.3, -0.25) is 0 Å². The van der Waals surface area contributed by atoms with E-state index < -0.39 is 6.43 Å². The molecule has 2 aromatic heterocycles. The summed E-state index contributed by atoms with van der Waals surface area (Å²) in [5.74, 6) is 0. The van der Waals surface area contributed by atoms with E-state index in [0.29, 0.717) is 21.5 Å². The summed E-state index contributed by atoms with van der Waals surface area (Å²) >= 11 is 3.36. The number of aryl methyl sites for hydroxylation is 2. The molecule has 0 saturated carbocycles. The smallest absolute Gasteiger partial charge is 0.227 e. The van der Waals surface area contributed by atoms with Crippen LogP contribution >= 0.6 is 15.9 Å². The predicted molar refractivity (Wildman–Crippen MR) is 80.6 cm³/mol. The average Bonchev–Trinajstić information content (AvgIpc) is 2.74. The van der Waals surface area contributed by atoms with Crippen molar-refractivity contribution >= 4 is 21.6 Å². The predicted octanol–water partition coefficient (Wildman–Crippen LogP) is 4.71. The van der Waals surface area contributed by atoms with Gasteiger partial charge in [0.05, 0.1) is 15.9 Å². The molecule has 3 nitrogen and oxygen atoms in total. The quantitative estimate of drug-likeness (QED) is 0.669. The highest BCUT2D eigenvalue weighted by Gasteiger charge is 2.19. The zero-order valence-electron chi connectivity index (χ0n) is 11.4. The third-order valence-electron chi connectivity index (χ3n) is 3.29.